The molecule has 0 bridgehead atoms. The highest BCUT2D eigenvalue weighted by Gasteiger charge is 2.10. The van der Waals surface area contributed by atoms with Crippen molar-refractivity contribution < 1.29 is 9.53 Å². The van der Waals surface area contributed by atoms with Gasteiger partial charge in [-0.15, -0.1) is 0 Å². The number of rotatable bonds is 6. The summed E-state index contributed by atoms with van der Waals surface area (Å²) in [6.07, 6.45) is 2.30. The zero-order chi connectivity index (χ0) is 12.8. The highest BCUT2D eigenvalue weighted by Crippen LogP contribution is 2.25. The molecule has 3 heteroatoms. The molecule has 0 spiro atoms. The molecule has 17 heavy (non-hydrogen) atoms. The van der Waals surface area contributed by atoms with Gasteiger partial charge in [0.05, 0.1) is 12.2 Å². The molecule has 0 aliphatic heterocycles. The van der Waals surface area contributed by atoms with Crippen LogP contribution in [-0.2, 0) is 0 Å². The molecular weight excluding hydrogens is 280 g/mol. The van der Waals surface area contributed by atoms with Crippen LogP contribution >= 0.6 is 15.9 Å². The number of halogens is 1. The Bertz CT molecular complexity index is 388. The van der Waals surface area contributed by atoms with Crippen LogP contribution in [0.4, 0.5) is 0 Å². The first-order valence-electron chi connectivity index (χ1n) is 5.97. The van der Waals surface area contributed by atoms with Crippen molar-refractivity contribution in [3.05, 3.63) is 28.2 Å². The van der Waals surface area contributed by atoms with Gasteiger partial charge in [0.25, 0.3) is 0 Å². The Morgan fingerprint density at radius 3 is 2.76 bits per heavy atom. The molecule has 0 heterocycles. The molecule has 0 N–H and O–H groups in total. The molecule has 0 radical (unpaired) electrons. The SMILES string of the molecule is CCCC(C)COc1cc(Br)ccc1C(C)=O. The van der Waals surface area contributed by atoms with Crippen LogP contribution in [0.3, 0.4) is 0 Å². The van der Waals surface area contributed by atoms with Crippen LogP contribution in [0.25, 0.3) is 0 Å². The van der Waals surface area contributed by atoms with E-state index >= 15 is 0 Å². The van der Waals surface area contributed by atoms with Crippen LogP contribution in [0.5, 0.6) is 5.75 Å². The highest BCUT2D eigenvalue weighted by molar-refractivity contribution is 9.10. The van der Waals surface area contributed by atoms with Gasteiger partial charge in [0, 0.05) is 4.47 Å². The summed E-state index contributed by atoms with van der Waals surface area (Å²) in [6, 6.07) is 5.51. The van der Waals surface area contributed by atoms with E-state index in [-0.39, 0.29) is 5.78 Å². The molecule has 0 aliphatic carbocycles. The maximum atomic E-state index is 11.5. The van der Waals surface area contributed by atoms with E-state index in [1.807, 2.05) is 12.1 Å². The second-order valence-corrected chi connectivity index (χ2v) is 5.32. The van der Waals surface area contributed by atoms with E-state index in [0.717, 1.165) is 17.3 Å². The van der Waals surface area contributed by atoms with Gasteiger partial charge in [0.15, 0.2) is 5.78 Å². The number of ether oxygens (including phenoxy) is 1. The fourth-order valence-electron chi connectivity index (χ4n) is 1.71. The molecule has 1 atom stereocenters. The quantitative estimate of drug-likeness (QED) is 0.725. The number of hydrogen-bond donors (Lipinski definition) is 0. The lowest BCUT2D eigenvalue weighted by molar-refractivity contribution is 0.101. The third-order valence-electron chi connectivity index (χ3n) is 2.63. The van der Waals surface area contributed by atoms with Crippen LogP contribution in [0.2, 0.25) is 0 Å². The van der Waals surface area contributed by atoms with Gasteiger partial charge in [-0.05, 0) is 37.5 Å². The lowest BCUT2D eigenvalue weighted by atomic mass is 10.1. The smallest absolute Gasteiger partial charge is 0.163 e. The molecule has 0 saturated heterocycles. The zero-order valence-corrected chi connectivity index (χ0v) is 12.2. The first-order valence-corrected chi connectivity index (χ1v) is 6.77. The Hall–Kier alpha value is -0.830. The first kappa shape index (κ1) is 14.2. The molecule has 0 aliphatic rings. The van der Waals surface area contributed by atoms with Crippen LogP contribution in [0, 0.1) is 5.92 Å². The van der Waals surface area contributed by atoms with E-state index < -0.39 is 0 Å². The molecule has 1 unspecified atom stereocenters. The molecule has 1 rings (SSSR count). The molecule has 0 fully saturated rings. The lowest BCUT2D eigenvalue weighted by Crippen LogP contribution is -2.10. The van der Waals surface area contributed by atoms with Crippen LogP contribution in [0.15, 0.2) is 22.7 Å². The maximum Gasteiger partial charge on any atom is 0.163 e. The Labute approximate surface area is 111 Å². The number of Topliss-reactive ketones (excluding diaryl/α,β-unsaturated/α-hetero) is 1. The summed E-state index contributed by atoms with van der Waals surface area (Å²) >= 11 is 3.39. The average Bonchev–Trinajstić information content (AvgIpc) is 2.26. The van der Waals surface area contributed by atoms with E-state index in [1.165, 1.54) is 0 Å². The molecule has 0 aromatic heterocycles. The third-order valence-corrected chi connectivity index (χ3v) is 3.12. The summed E-state index contributed by atoms with van der Waals surface area (Å²) in [6.45, 7) is 6.54. The largest absolute Gasteiger partial charge is 0.493 e. The summed E-state index contributed by atoms with van der Waals surface area (Å²) in [5, 5.41) is 0. The maximum absolute atomic E-state index is 11.5. The van der Waals surface area contributed by atoms with Gasteiger partial charge in [0.2, 0.25) is 0 Å². The zero-order valence-electron chi connectivity index (χ0n) is 10.6. The van der Waals surface area contributed by atoms with E-state index in [0.29, 0.717) is 23.8 Å². The van der Waals surface area contributed by atoms with Gasteiger partial charge in [-0.3, -0.25) is 4.79 Å². The van der Waals surface area contributed by atoms with Crippen molar-refractivity contribution in [3.8, 4) is 5.75 Å². The monoisotopic (exact) mass is 298 g/mol. The van der Waals surface area contributed by atoms with Crippen molar-refractivity contribution in [2.24, 2.45) is 5.92 Å². The summed E-state index contributed by atoms with van der Waals surface area (Å²) in [5.41, 5.74) is 0.650. The van der Waals surface area contributed by atoms with Crippen LogP contribution in [0.1, 0.15) is 44.0 Å². The highest BCUT2D eigenvalue weighted by atomic mass is 79.9. The Morgan fingerprint density at radius 1 is 1.47 bits per heavy atom. The number of benzene rings is 1. The summed E-state index contributed by atoms with van der Waals surface area (Å²) in [5.74, 6) is 1.23. The molecular formula is C14H19BrO2. The van der Waals surface area contributed by atoms with Gasteiger partial charge in [-0.2, -0.15) is 0 Å². The second kappa shape index (κ2) is 6.80. The predicted molar refractivity (Wildman–Crippen MR) is 73.7 cm³/mol. The predicted octanol–water partition coefficient (Wildman–Crippen LogP) is 4.47. The molecule has 1 aromatic carbocycles. The van der Waals surface area contributed by atoms with Gasteiger partial charge in [-0.25, -0.2) is 0 Å². The first-order chi connectivity index (χ1) is 8.04. The van der Waals surface area contributed by atoms with Crippen molar-refractivity contribution in [2.45, 2.75) is 33.6 Å². The molecule has 94 valence electrons. The van der Waals surface area contributed by atoms with Crippen molar-refractivity contribution in [2.75, 3.05) is 6.61 Å². The van der Waals surface area contributed by atoms with E-state index in [2.05, 4.69) is 29.8 Å². The number of carbonyl (C=O) groups excluding carboxylic acids is 1. The molecule has 0 saturated carbocycles. The topological polar surface area (TPSA) is 26.3 Å². The average molecular weight is 299 g/mol. The minimum atomic E-state index is 0.0376. The number of carbonyl (C=O) groups is 1. The standard InChI is InChI=1S/C14H19BrO2/c1-4-5-10(2)9-17-14-8-12(15)6-7-13(14)11(3)16/h6-8,10H,4-5,9H2,1-3H3. The number of ketones is 1. The summed E-state index contributed by atoms with van der Waals surface area (Å²) in [7, 11) is 0. The number of hydrogen-bond acceptors (Lipinski definition) is 2. The van der Waals surface area contributed by atoms with Crippen molar-refractivity contribution in [1.29, 1.82) is 0 Å². The van der Waals surface area contributed by atoms with Gasteiger partial charge in [-0.1, -0.05) is 36.2 Å². The summed E-state index contributed by atoms with van der Waals surface area (Å²) in [4.78, 5) is 11.5. The van der Waals surface area contributed by atoms with Crippen LogP contribution in [-0.4, -0.2) is 12.4 Å². The molecule has 2 nitrogen and oxygen atoms in total. The van der Waals surface area contributed by atoms with Gasteiger partial charge in [0.1, 0.15) is 5.75 Å². The fraction of sp³-hybridized carbons (Fsp3) is 0.500. The lowest BCUT2D eigenvalue weighted by Gasteiger charge is -2.14. The normalized spacial score (nSPS) is 12.2. The minimum Gasteiger partial charge on any atom is -0.493 e. The van der Waals surface area contributed by atoms with Crippen LogP contribution < -0.4 is 4.74 Å². The van der Waals surface area contributed by atoms with Crippen molar-refractivity contribution in [3.63, 3.8) is 0 Å². The second-order valence-electron chi connectivity index (χ2n) is 4.40. The molecule has 0 amide bonds. The van der Waals surface area contributed by atoms with E-state index in [4.69, 9.17) is 4.74 Å². The molecule has 1 aromatic rings. The Morgan fingerprint density at radius 2 is 2.18 bits per heavy atom. The van der Waals surface area contributed by atoms with E-state index in [9.17, 15) is 4.79 Å². The Balaban J connectivity index is 2.75. The van der Waals surface area contributed by atoms with Crippen molar-refractivity contribution in [1.82, 2.24) is 0 Å². The Kier molecular flexibility index (Phi) is 5.69. The summed E-state index contributed by atoms with van der Waals surface area (Å²) < 4.78 is 6.67. The fourth-order valence-corrected chi connectivity index (χ4v) is 2.05. The van der Waals surface area contributed by atoms with Gasteiger partial charge < -0.3 is 4.74 Å². The van der Waals surface area contributed by atoms with Gasteiger partial charge >= 0.3 is 0 Å². The minimum absolute atomic E-state index is 0.0376. The van der Waals surface area contributed by atoms with Crippen molar-refractivity contribution >= 4 is 21.7 Å². The third kappa shape index (κ3) is 4.50. The van der Waals surface area contributed by atoms with E-state index in [1.54, 1.807) is 13.0 Å².